The van der Waals surface area contributed by atoms with E-state index < -0.39 is 0 Å². The minimum atomic E-state index is 0.163. The number of carbonyl (C=O) groups excluding carboxylic acids is 1. The topological polar surface area (TPSA) is 47.6 Å². The summed E-state index contributed by atoms with van der Waals surface area (Å²) in [6.45, 7) is 12.9. The van der Waals surface area contributed by atoms with Crippen LogP contribution in [-0.2, 0) is 4.79 Å². The normalized spacial score (nSPS) is 17.1. The van der Waals surface area contributed by atoms with Crippen molar-refractivity contribution < 1.29 is 4.79 Å². The molecule has 5 nitrogen and oxygen atoms in total. The summed E-state index contributed by atoms with van der Waals surface area (Å²) in [5, 5.41) is 6.29. The summed E-state index contributed by atoms with van der Waals surface area (Å²) in [6.07, 6.45) is 1.04. The van der Waals surface area contributed by atoms with Crippen LogP contribution in [0.25, 0.3) is 0 Å². The molecule has 1 fully saturated rings. The standard InChI is InChI=1S/C13H28N4O/c1-3-16(4-2)9-5-6-15-13(18)12-17-10-7-14-8-11-17/h14H,3-12H2,1-2H3,(H,15,18). The summed E-state index contributed by atoms with van der Waals surface area (Å²) in [4.78, 5) is 16.3. The molecule has 1 aliphatic heterocycles. The second-order valence-electron chi connectivity index (χ2n) is 4.76. The van der Waals surface area contributed by atoms with E-state index in [9.17, 15) is 4.79 Å². The predicted molar refractivity (Wildman–Crippen MR) is 74.7 cm³/mol. The molecule has 1 heterocycles. The highest BCUT2D eigenvalue weighted by Crippen LogP contribution is 1.92. The van der Waals surface area contributed by atoms with Crippen molar-refractivity contribution in [2.45, 2.75) is 20.3 Å². The first kappa shape index (κ1) is 15.4. The Labute approximate surface area is 111 Å². The van der Waals surface area contributed by atoms with Gasteiger partial charge in [-0.25, -0.2) is 0 Å². The summed E-state index contributed by atoms with van der Waals surface area (Å²) in [5.41, 5.74) is 0. The van der Waals surface area contributed by atoms with Gasteiger partial charge in [-0.05, 0) is 26.1 Å². The van der Waals surface area contributed by atoms with Crippen LogP contribution in [-0.4, -0.2) is 74.6 Å². The van der Waals surface area contributed by atoms with E-state index in [-0.39, 0.29) is 5.91 Å². The first-order valence-corrected chi connectivity index (χ1v) is 7.18. The lowest BCUT2D eigenvalue weighted by Crippen LogP contribution is -2.47. The molecule has 0 spiro atoms. The van der Waals surface area contributed by atoms with Crippen molar-refractivity contribution in [1.29, 1.82) is 0 Å². The van der Waals surface area contributed by atoms with Crippen LogP contribution in [0.5, 0.6) is 0 Å². The molecule has 2 N–H and O–H groups in total. The van der Waals surface area contributed by atoms with Crippen LogP contribution in [0.4, 0.5) is 0 Å². The monoisotopic (exact) mass is 256 g/mol. The SMILES string of the molecule is CCN(CC)CCCNC(=O)CN1CCNCC1. The van der Waals surface area contributed by atoms with Crippen molar-refractivity contribution in [3.8, 4) is 0 Å². The Morgan fingerprint density at radius 1 is 1.28 bits per heavy atom. The molecule has 0 aromatic rings. The molecule has 1 saturated heterocycles. The lowest BCUT2D eigenvalue weighted by molar-refractivity contribution is -0.122. The molecule has 0 radical (unpaired) electrons. The molecular formula is C13H28N4O. The van der Waals surface area contributed by atoms with Crippen molar-refractivity contribution in [3.63, 3.8) is 0 Å². The summed E-state index contributed by atoms with van der Waals surface area (Å²) < 4.78 is 0. The number of hydrogen-bond donors (Lipinski definition) is 2. The Kier molecular flexibility index (Phi) is 7.96. The van der Waals surface area contributed by atoms with Gasteiger partial charge in [-0.15, -0.1) is 0 Å². The zero-order valence-electron chi connectivity index (χ0n) is 11.9. The van der Waals surface area contributed by atoms with E-state index in [1.54, 1.807) is 0 Å². The molecule has 0 atom stereocenters. The number of hydrogen-bond acceptors (Lipinski definition) is 4. The predicted octanol–water partition coefficient (Wildman–Crippen LogP) is -0.260. The number of nitrogens with zero attached hydrogens (tertiary/aromatic N) is 2. The van der Waals surface area contributed by atoms with Gasteiger partial charge in [0.25, 0.3) is 0 Å². The second kappa shape index (κ2) is 9.30. The van der Waals surface area contributed by atoms with Crippen molar-refractivity contribution >= 4 is 5.91 Å². The molecule has 0 aromatic heterocycles. The van der Waals surface area contributed by atoms with Gasteiger partial charge in [0, 0.05) is 32.7 Å². The first-order chi connectivity index (χ1) is 8.76. The minimum Gasteiger partial charge on any atom is -0.355 e. The molecule has 5 heteroatoms. The van der Waals surface area contributed by atoms with E-state index >= 15 is 0 Å². The molecule has 0 aromatic carbocycles. The van der Waals surface area contributed by atoms with Gasteiger partial charge < -0.3 is 15.5 Å². The van der Waals surface area contributed by atoms with E-state index in [0.717, 1.165) is 58.8 Å². The van der Waals surface area contributed by atoms with Crippen LogP contribution in [0.3, 0.4) is 0 Å². The van der Waals surface area contributed by atoms with Crippen LogP contribution >= 0.6 is 0 Å². The second-order valence-corrected chi connectivity index (χ2v) is 4.76. The largest absolute Gasteiger partial charge is 0.355 e. The number of piperazine rings is 1. The highest BCUT2D eigenvalue weighted by molar-refractivity contribution is 5.77. The molecule has 1 aliphatic rings. The maximum Gasteiger partial charge on any atom is 0.234 e. The number of carbonyl (C=O) groups is 1. The van der Waals surface area contributed by atoms with Crippen LogP contribution in [0, 0.1) is 0 Å². The fourth-order valence-electron chi connectivity index (χ4n) is 2.20. The Balaban J connectivity index is 2.02. The van der Waals surface area contributed by atoms with E-state index in [1.165, 1.54) is 0 Å². The number of nitrogens with one attached hydrogen (secondary N) is 2. The molecular weight excluding hydrogens is 228 g/mol. The van der Waals surface area contributed by atoms with Gasteiger partial charge in [0.15, 0.2) is 0 Å². The number of rotatable bonds is 8. The lowest BCUT2D eigenvalue weighted by Gasteiger charge is -2.26. The molecule has 106 valence electrons. The van der Waals surface area contributed by atoms with Gasteiger partial charge in [0.2, 0.25) is 5.91 Å². The Hall–Kier alpha value is -0.650. The molecule has 1 amide bonds. The zero-order chi connectivity index (χ0) is 13.2. The Bertz CT molecular complexity index is 225. The van der Waals surface area contributed by atoms with Crippen LogP contribution in [0.2, 0.25) is 0 Å². The van der Waals surface area contributed by atoms with Gasteiger partial charge in [0.1, 0.15) is 0 Å². The highest BCUT2D eigenvalue weighted by Gasteiger charge is 2.12. The Morgan fingerprint density at radius 2 is 1.94 bits per heavy atom. The highest BCUT2D eigenvalue weighted by atomic mass is 16.2. The summed E-state index contributed by atoms with van der Waals surface area (Å²) in [5.74, 6) is 0.163. The summed E-state index contributed by atoms with van der Waals surface area (Å²) in [6, 6.07) is 0. The molecule has 0 unspecified atom stereocenters. The van der Waals surface area contributed by atoms with Crippen LogP contribution in [0.1, 0.15) is 20.3 Å². The van der Waals surface area contributed by atoms with Crippen molar-refractivity contribution in [3.05, 3.63) is 0 Å². The molecule has 0 aliphatic carbocycles. The molecule has 0 saturated carbocycles. The maximum absolute atomic E-state index is 11.7. The van der Waals surface area contributed by atoms with Gasteiger partial charge >= 0.3 is 0 Å². The van der Waals surface area contributed by atoms with Crippen LogP contribution < -0.4 is 10.6 Å². The first-order valence-electron chi connectivity index (χ1n) is 7.18. The van der Waals surface area contributed by atoms with E-state index in [4.69, 9.17) is 0 Å². The molecule has 18 heavy (non-hydrogen) atoms. The van der Waals surface area contributed by atoms with E-state index in [1.807, 2.05) is 0 Å². The van der Waals surface area contributed by atoms with Crippen molar-refractivity contribution in [2.24, 2.45) is 0 Å². The average Bonchev–Trinajstić information content (AvgIpc) is 2.40. The molecule has 0 bridgehead atoms. The van der Waals surface area contributed by atoms with Crippen molar-refractivity contribution in [2.75, 3.05) is 58.9 Å². The van der Waals surface area contributed by atoms with E-state index in [0.29, 0.717) is 6.54 Å². The third-order valence-corrected chi connectivity index (χ3v) is 3.44. The zero-order valence-corrected chi connectivity index (χ0v) is 11.9. The van der Waals surface area contributed by atoms with Gasteiger partial charge in [-0.1, -0.05) is 13.8 Å². The number of amides is 1. The van der Waals surface area contributed by atoms with Gasteiger partial charge in [-0.2, -0.15) is 0 Å². The molecule has 1 rings (SSSR count). The third-order valence-electron chi connectivity index (χ3n) is 3.44. The van der Waals surface area contributed by atoms with Crippen molar-refractivity contribution in [1.82, 2.24) is 20.4 Å². The fraction of sp³-hybridized carbons (Fsp3) is 0.923. The smallest absolute Gasteiger partial charge is 0.234 e. The quantitative estimate of drug-likeness (QED) is 0.588. The van der Waals surface area contributed by atoms with Crippen LogP contribution in [0.15, 0.2) is 0 Å². The maximum atomic E-state index is 11.7. The minimum absolute atomic E-state index is 0.163. The van der Waals surface area contributed by atoms with Gasteiger partial charge in [-0.3, -0.25) is 9.69 Å². The average molecular weight is 256 g/mol. The summed E-state index contributed by atoms with van der Waals surface area (Å²) >= 11 is 0. The third kappa shape index (κ3) is 6.33. The van der Waals surface area contributed by atoms with Gasteiger partial charge in [0.05, 0.1) is 6.54 Å². The lowest BCUT2D eigenvalue weighted by atomic mass is 10.3. The summed E-state index contributed by atoms with van der Waals surface area (Å²) in [7, 11) is 0. The Morgan fingerprint density at radius 3 is 2.56 bits per heavy atom. The van der Waals surface area contributed by atoms with E-state index in [2.05, 4.69) is 34.3 Å². The fourth-order valence-corrected chi connectivity index (χ4v) is 2.20.